The second-order valence-corrected chi connectivity index (χ2v) is 9.71. The smallest absolute Gasteiger partial charge is 0.407 e. The molecular formula is C24H33BrF2N4O4. The molecular weight excluding hydrogens is 526 g/mol. The van der Waals surface area contributed by atoms with E-state index in [2.05, 4.69) is 35.7 Å². The van der Waals surface area contributed by atoms with Gasteiger partial charge in [0.25, 0.3) is 0 Å². The molecule has 2 aromatic rings. The summed E-state index contributed by atoms with van der Waals surface area (Å²) in [5.41, 5.74) is 1.81. The van der Waals surface area contributed by atoms with Gasteiger partial charge in [0, 0.05) is 18.1 Å². The molecule has 1 aromatic carbocycles. The van der Waals surface area contributed by atoms with Crippen molar-refractivity contribution in [1.82, 2.24) is 19.8 Å². The van der Waals surface area contributed by atoms with Gasteiger partial charge in [0.15, 0.2) is 0 Å². The monoisotopic (exact) mass is 558 g/mol. The molecule has 0 spiro atoms. The first-order valence-electron chi connectivity index (χ1n) is 11.3. The van der Waals surface area contributed by atoms with Gasteiger partial charge >= 0.3 is 12.7 Å². The number of hydrogen-bond donors (Lipinski definition) is 1. The van der Waals surface area contributed by atoms with Crippen LogP contribution in [0, 0.1) is 11.8 Å². The lowest BCUT2D eigenvalue weighted by molar-refractivity contribution is -0.145. The van der Waals surface area contributed by atoms with Gasteiger partial charge in [0.2, 0.25) is 5.91 Å². The predicted octanol–water partition coefficient (Wildman–Crippen LogP) is 5.00. The van der Waals surface area contributed by atoms with Gasteiger partial charge in [0.1, 0.15) is 11.9 Å². The summed E-state index contributed by atoms with van der Waals surface area (Å²) in [5, 5.41) is 2.59. The summed E-state index contributed by atoms with van der Waals surface area (Å²) in [7, 11) is 3.08. The van der Waals surface area contributed by atoms with E-state index in [1.807, 2.05) is 42.8 Å². The highest BCUT2D eigenvalue weighted by atomic mass is 79.9. The molecule has 3 atom stereocenters. The van der Waals surface area contributed by atoms with Crippen LogP contribution >= 0.6 is 15.9 Å². The molecule has 0 aliphatic heterocycles. The first kappa shape index (κ1) is 28.7. The lowest BCUT2D eigenvalue weighted by Crippen LogP contribution is -2.53. The minimum atomic E-state index is -2.90. The maximum absolute atomic E-state index is 13.7. The predicted molar refractivity (Wildman–Crippen MR) is 132 cm³/mol. The highest BCUT2D eigenvalue weighted by Crippen LogP contribution is 2.28. The molecule has 2 amide bonds. The Bertz CT molecular complexity index is 984. The highest BCUT2D eigenvalue weighted by Gasteiger charge is 2.34. The van der Waals surface area contributed by atoms with E-state index >= 15 is 0 Å². The Morgan fingerprint density at radius 3 is 2.34 bits per heavy atom. The lowest BCUT2D eigenvalue weighted by atomic mass is 10.0. The quantitative estimate of drug-likeness (QED) is 0.419. The number of carbonyl (C=O) groups is 2. The largest absolute Gasteiger partial charge is 0.453 e. The molecule has 0 aliphatic rings. The number of hydrogen-bond acceptors (Lipinski definition) is 5. The van der Waals surface area contributed by atoms with Crippen molar-refractivity contribution in [1.29, 1.82) is 0 Å². The van der Waals surface area contributed by atoms with Crippen LogP contribution in [0.4, 0.5) is 13.6 Å². The highest BCUT2D eigenvalue weighted by molar-refractivity contribution is 9.10. The number of rotatable bonds is 11. The van der Waals surface area contributed by atoms with Crippen LogP contribution in [-0.4, -0.2) is 59.4 Å². The molecule has 1 aromatic heterocycles. The number of alkyl halides is 2. The van der Waals surface area contributed by atoms with E-state index in [9.17, 15) is 18.4 Å². The molecule has 0 radical (unpaired) electrons. The molecule has 0 unspecified atom stereocenters. The molecule has 35 heavy (non-hydrogen) atoms. The van der Waals surface area contributed by atoms with Crippen LogP contribution in [0.25, 0.3) is 11.3 Å². The lowest BCUT2D eigenvalue weighted by Gasteiger charge is -2.35. The van der Waals surface area contributed by atoms with Gasteiger partial charge in [-0.15, -0.1) is 0 Å². The summed E-state index contributed by atoms with van der Waals surface area (Å²) in [6.07, 6.45) is 1.00. The average Bonchev–Trinajstić information content (AvgIpc) is 3.20. The summed E-state index contributed by atoms with van der Waals surface area (Å²) < 4.78 is 37.2. The number of nitrogens with one attached hydrogen (secondary N) is 1. The maximum atomic E-state index is 13.7. The van der Waals surface area contributed by atoms with Crippen molar-refractivity contribution in [3.05, 3.63) is 40.8 Å². The van der Waals surface area contributed by atoms with Gasteiger partial charge in [-0.05, 0) is 36.5 Å². The third-order valence-corrected chi connectivity index (χ3v) is 6.22. The molecule has 8 nitrogen and oxygen atoms in total. The Hall–Kier alpha value is -2.53. The van der Waals surface area contributed by atoms with Gasteiger partial charge in [0.05, 0.1) is 31.6 Å². The Kier molecular flexibility index (Phi) is 10.6. The number of methoxy groups -OCH3 is 1. The zero-order chi connectivity index (χ0) is 26.3. The fraction of sp³-hybridized carbons (Fsp3) is 0.542. The number of benzene rings is 1. The van der Waals surface area contributed by atoms with Crippen molar-refractivity contribution in [2.75, 3.05) is 20.3 Å². The van der Waals surface area contributed by atoms with Gasteiger partial charge in [-0.1, -0.05) is 48.8 Å². The minimum Gasteiger partial charge on any atom is -0.453 e. The molecule has 0 saturated carbocycles. The van der Waals surface area contributed by atoms with Gasteiger partial charge in [-0.2, -0.15) is 8.78 Å². The van der Waals surface area contributed by atoms with Crippen LogP contribution in [0.5, 0.6) is 0 Å². The van der Waals surface area contributed by atoms with Crippen molar-refractivity contribution >= 4 is 27.9 Å². The topological polar surface area (TPSA) is 85.7 Å². The normalized spacial score (nSPS) is 14.0. The van der Waals surface area contributed by atoms with E-state index in [4.69, 9.17) is 0 Å². The van der Waals surface area contributed by atoms with Crippen molar-refractivity contribution in [3.8, 4) is 11.3 Å². The second kappa shape index (κ2) is 13.0. The van der Waals surface area contributed by atoms with Crippen LogP contribution in [0.3, 0.4) is 0 Å². The van der Waals surface area contributed by atoms with Crippen molar-refractivity contribution in [2.45, 2.75) is 46.4 Å². The van der Waals surface area contributed by atoms with Crippen LogP contribution in [0.15, 0.2) is 34.9 Å². The zero-order valence-electron chi connectivity index (χ0n) is 20.8. The molecule has 0 saturated heterocycles. The molecule has 2 rings (SSSR count). The number of amides is 2. The maximum Gasteiger partial charge on any atom is 0.407 e. The van der Waals surface area contributed by atoms with Crippen molar-refractivity contribution < 1.29 is 27.8 Å². The molecule has 194 valence electrons. The Morgan fingerprint density at radius 2 is 1.80 bits per heavy atom. The number of nitrogens with zero attached hydrogens (tertiary/aromatic N) is 3. The number of aromatic nitrogens is 2. The fourth-order valence-corrected chi connectivity index (χ4v) is 4.05. The second-order valence-electron chi connectivity index (χ2n) is 8.79. The van der Waals surface area contributed by atoms with Gasteiger partial charge < -0.3 is 24.3 Å². The Morgan fingerprint density at radius 1 is 1.17 bits per heavy atom. The zero-order valence-corrected chi connectivity index (χ0v) is 22.4. The number of ether oxygens (including phenoxy) is 2. The third kappa shape index (κ3) is 7.73. The van der Waals surface area contributed by atoms with E-state index < -0.39 is 30.7 Å². The summed E-state index contributed by atoms with van der Waals surface area (Å²) >= 11 is 3.43. The molecule has 1 heterocycles. The summed E-state index contributed by atoms with van der Waals surface area (Å²) in [4.78, 5) is 31.7. The third-order valence-electron chi connectivity index (χ3n) is 5.69. The standard InChI is InChI=1S/C24H33BrF2N4O4/c1-14(2)20(29-24(33)34-6)22(32)31(12-15(3)13-35-23(26)27)16(4)21-28-11-19(30(21)5)17-7-9-18(25)10-8-17/h7-11,14-16,20,23H,12-13H2,1-6H3,(H,29,33)/t15-,16-,20-/m0/s1. The number of halogens is 3. The van der Waals surface area contributed by atoms with Crippen LogP contribution in [0.2, 0.25) is 0 Å². The van der Waals surface area contributed by atoms with Crippen molar-refractivity contribution in [3.63, 3.8) is 0 Å². The molecule has 0 bridgehead atoms. The number of imidazole rings is 1. The van der Waals surface area contributed by atoms with E-state index in [1.54, 1.807) is 31.9 Å². The SMILES string of the molecule is COC(=O)N[C@H](C(=O)N(C[C@H](C)COC(F)F)[C@@H](C)c1ncc(-c2ccc(Br)cc2)n1C)C(C)C. The molecule has 1 N–H and O–H groups in total. The molecule has 0 fully saturated rings. The first-order chi connectivity index (χ1) is 16.5. The summed E-state index contributed by atoms with van der Waals surface area (Å²) in [5.74, 6) is -0.398. The van der Waals surface area contributed by atoms with E-state index in [-0.39, 0.29) is 25.0 Å². The fourth-order valence-electron chi connectivity index (χ4n) is 3.78. The number of carbonyl (C=O) groups excluding carboxylic acids is 2. The van der Waals surface area contributed by atoms with E-state index in [0.717, 1.165) is 15.7 Å². The molecule has 0 aliphatic carbocycles. The molecule has 11 heteroatoms. The average molecular weight is 559 g/mol. The van der Waals surface area contributed by atoms with Crippen molar-refractivity contribution in [2.24, 2.45) is 18.9 Å². The summed E-state index contributed by atoms with van der Waals surface area (Å²) in [6.45, 7) is 4.15. The van der Waals surface area contributed by atoms with Gasteiger partial charge in [-0.25, -0.2) is 9.78 Å². The minimum absolute atomic E-state index is 0.124. The van der Waals surface area contributed by atoms with Gasteiger partial charge in [-0.3, -0.25) is 4.79 Å². The van der Waals surface area contributed by atoms with Crippen LogP contribution in [0.1, 0.15) is 39.6 Å². The Labute approximate surface area is 213 Å². The van der Waals surface area contributed by atoms with E-state index in [0.29, 0.717) is 5.82 Å². The van der Waals surface area contributed by atoms with Crippen LogP contribution < -0.4 is 5.32 Å². The Balaban J connectivity index is 2.40. The van der Waals surface area contributed by atoms with E-state index in [1.165, 1.54) is 7.11 Å². The first-order valence-corrected chi connectivity index (χ1v) is 12.1. The summed E-state index contributed by atoms with van der Waals surface area (Å²) in [6, 6.07) is 6.37. The van der Waals surface area contributed by atoms with Crippen LogP contribution in [-0.2, 0) is 21.3 Å². The number of alkyl carbamates (subject to hydrolysis) is 1.